The van der Waals surface area contributed by atoms with Gasteiger partial charge in [0.15, 0.2) is 0 Å². The van der Waals surface area contributed by atoms with Crippen molar-refractivity contribution in [3.63, 3.8) is 0 Å². The first-order valence-corrected chi connectivity index (χ1v) is 6.35. The molecule has 1 fully saturated rings. The van der Waals surface area contributed by atoms with Crippen molar-refractivity contribution in [3.05, 3.63) is 0 Å². The largest absolute Gasteiger partial charge is 0.481 e. The Bertz CT molecular complexity index is 349. The highest BCUT2D eigenvalue weighted by Crippen LogP contribution is 2.20. The van der Waals surface area contributed by atoms with Gasteiger partial charge in [-0.15, -0.1) is 0 Å². The smallest absolute Gasteiger partial charge is 0.317 e. The van der Waals surface area contributed by atoms with E-state index in [1.807, 2.05) is 0 Å². The molecule has 2 N–H and O–H groups in total. The van der Waals surface area contributed by atoms with E-state index in [4.69, 9.17) is 5.11 Å². The SMILES string of the molecule is CN(C)C(=O)CNC(=O)N1CCC(CC(=O)O)CC1. The average molecular weight is 271 g/mol. The molecule has 0 spiro atoms. The van der Waals surface area contributed by atoms with Crippen molar-refractivity contribution in [3.8, 4) is 0 Å². The quantitative estimate of drug-likeness (QED) is 0.751. The maximum Gasteiger partial charge on any atom is 0.317 e. The van der Waals surface area contributed by atoms with Crippen molar-refractivity contribution in [1.29, 1.82) is 0 Å². The molecule has 3 amide bonds. The first kappa shape index (κ1) is 15.3. The Morgan fingerprint density at radius 1 is 1.26 bits per heavy atom. The maximum atomic E-state index is 11.8. The van der Waals surface area contributed by atoms with Crippen LogP contribution in [0.5, 0.6) is 0 Å². The number of nitrogens with zero attached hydrogens (tertiary/aromatic N) is 2. The Balaban J connectivity index is 2.29. The van der Waals surface area contributed by atoms with Gasteiger partial charge in [-0.3, -0.25) is 9.59 Å². The third-order valence-corrected chi connectivity index (χ3v) is 3.25. The molecule has 0 aromatic rings. The van der Waals surface area contributed by atoms with Crippen molar-refractivity contribution in [2.75, 3.05) is 33.7 Å². The van der Waals surface area contributed by atoms with Crippen molar-refractivity contribution < 1.29 is 19.5 Å². The Morgan fingerprint density at radius 2 is 1.84 bits per heavy atom. The van der Waals surface area contributed by atoms with Crippen molar-refractivity contribution in [2.24, 2.45) is 5.92 Å². The number of carboxylic acid groups (broad SMARTS) is 1. The number of likely N-dealkylation sites (tertiary alicyclic amines) is 1. The van der Waals surface area contributed by atoms with Crippen molar-refractivity contribution in [2.45, 2.75) is 19.3 Å². The number of carboxylic acids is 1. The lowest BCUT2D eigenvalue weighted by Crippen LogP contribution is -2.47. The molecule has 1 aliphatic heterocycles. The van der Waals surface area contributed by atoms with Gasteiger partial charge in [0.05, 0.1) is 6.54 Å². The minimum atomic E-state index is -0.792. The van der Waals surface area contributed by atoms with Gasteiger partial charge in [-0.1, -0.05) is 0 Å². The molecule has 1 heterocycles. The number of carbonyl (C=O) groups is 3. The normalized spacial score (nSPS) is 16.0. The van der Waals surface area contributed by atoms with Crippen LogP contribution in [-0.2, 0) is 9.59 Å². The number of hydrogen-bond acceptors (Lipinski definition) is 3. The van der Waals surface area contributed by atoms with E-state index in [1.165, 1.54) is 4.90 Å². The molecule has 0 radical (unpaired) electrons. The van der Waals surface area contributed by atoms with Gasteiger partial charge in [0.25, 0.3) is 0 Å². The summed E-state index contributed by atoms with van der Waals surface area (Å²) < 4.78 is 0. The molecular formula is C12H21N3O4. The number of hydrogen-bond donors (Lipinski definition) is 2. The number of carbonyl (C=O) groups excluding carboxylic acids is 2. The van der Waals surface area contributed by atoms with E-state index in [0.717, 1.165) is 0 Å². The molecule has 108 valence electrons. The number of aliphatic carboxylic acids is 1. The molecule has 0 unspecified atom stereocenters. The van der Waals surface area contributed by atoms with Crippen LogP contribution in [0.25, 0.3) is 0 Å². The first-order chi connectivity index (χ1) is 8.90. The molecule has 1 aliphatic rings. The molecule has 0 aliphatic carbocycles. The highest BCUT2D eigenvalue weighted by atomic mass is 16.4. The topological polar surface area (TPSA) is 90.0 Å². The van der Waals surface area contributed by atoms with Crippen LogP contribution in [0.3, 0.4) is 0 Å². The molecule has 0 bridgehead atoms. The summed E-state index contributed by atoms with van der Waals surface area (Å²) >= 11 is 0. The van der Waals surface area contributed by atoms with E-state index < -0.39 is 5.97 Å². The number of urea groups is 1. The van der Waals surface area contributed by atoms with Crippen LogP contribution in [-0.4, -0.2) is 66.5 Å². The third-order valence-electron chi connectivity index (χ3n) is 3.25. The van der Waals surface area contributed by atoms with E-state index in [9.17, 15) is 14.4 Å². The molecule has 0 aromatic carbocycles. The van der Waals surface area contributed by atoms with Crippen LogP contribution >= 0.6 is 0 Å². The zero-order chi connectivity index (χ0) is 14.4. The molecule has 0 atom stereocenters. The van der Waals surface area contributed by atoms with Gasteiger partial charge in [-0.25, -0.2) is 4.79 Å². The van der Waals surface area contributed by atoms with Gasteiger partial charge >= 0.3 is 12.0 Å². The second-order valence-electron chi connectivity index (χ2n) is 4.98. The third kappa shape index (κ3) is 5.15. The monoisotopic (exact) mass is 271 g/mol. The van der Waals surface area contributed by atoms with Gasteiger partial charge in [-0.05, 0) is 18.8 Å². The minimum absolute atomic E-state index is 0.0130. The predicted molar refractivity (Wildman–Crippen MR) is 68.6 cm³/mol. The molecule has 7 nitrogen and oxygen atoms in total. The lowest BCUT2D eigenvalue weighted by Gasteiger charge is -2.31. The van der Waals surface area contributed by atoms with Gasteiger partial charge in [0, 0.05) is 33.6 Å². The van der Waals surface area contributed by atoms with Crippen LogP contribution in [0.2, 0.25) is 0 Å². The lowest BCUT2D eigenvalue weighted by atomic mass is 9.94. The molecule has 0 saturated carbocycles. The summed E-state index contributed by atoms with van der Waals surface area (Å²) in [4.78, 5) is 36.7. The predicted octanol–water partition coefficient (Wildman–Crippen LogP) is -0.0291. The fraction of sp³-hybridized carbons (Fsp3) is 0.750. The Hall–Kier alpha value is -1.79. The number of rotatable bonds is 4. The van der Waals surface area contributed by atoms with Crippen LogP contribution in [0.4, 0.5) is 4.79 Å². The van der Waals surface area contributed by atoms with E-state index in [2.05, 4.69) is 5.32 Å². The summed E-state index contributed by atoms with van der Waals surface area (Å²) in [6.07, 6.45) is 1.55. The Morgan fingerprint density at radius 3 is 2.32 bits per heavy atom. The Labute approximate surface area is 112 Å². The standard InChI is InChI=1S/C12H21N3O4/c1-14(2)10(16)8-13-12(19)15-5-3-9(4-6-15)7-11(17)18/h9H,3-8H2,1-2H3,(H,13,19)(H,17,18). The van der Waals surface area contributed by atoms with Gasteiger partial charge in [0.1, 0.15) is 0 Å². The highest BCUT2D eigenvalue weighted by molar-refractivity contribution is 5.83. The summed E-state index contributed by atoms with van der Waals surface area (Å²) in [7, 11) is 3.26. The summed E-state index contributed by atoms with van der Waals surface area (Å²) in [6, 6.07) is -0.260. The first-order valence-electron chi connectivity index (χ1n) is 6.35. The number of amides is 3. The summed E-state index contributed by atoms with van der Waals surface area (Å²) in [6.45, 7) is 1.07. The number of piperidine rings is 1. The second-order valence-corrected chi connectivity index (χ2v) is 4.98. The minimum Gasteiger partial charge on any atom is -0.481 e. The fourth-order valence-corrected chi connectivity index (χ4v) is 2.01. The van der Waals surface area contributed by atoms with Crippen molar-refractivity contribution in [1.82, 2.24) is 15.1 Å². The Kier molecular flexibility index (Phi) is 5.59. The molecule has 1 saturated heterocycles. The molecule has 1 rings (SSSR count). The summed E-state index contributed by atoms with van der Waals surface area (Å²) in [5, 5.41) is 11.3. The summed E-state index contributed by atoms with van der Waals surface area (Å²) in [5.41, 5.74) is 0. The van der Waals surface area contributed by atoms with E-state index in [-0.39, 0.29) is 30.8 Å². The van der Waals surface area contributed by atoms with Gasteiger partial charge in [0.2, 0.25) is 5.91 Å². The van der Waals surface area contributed by atoms with E-state index in [1.54, 1.807) is 19.0 Å². The van der Waals surface area contributed by atoms with Crippen molar-refractivity contribution >= 4 is 17.9 Å². The highest BCUT2D eigenvalue weighted by Gasteiger charge is 2.24. The van der Waals surface area contributed by atoms with E-state index >= 15 is 0 Å². The molecule has 7 heteroatoms. The second kappa shape index (κ2) is 6.96. The number of likely N-dealkylation sites (N-methyl/N-ethyl adjacent to an activating group) is 1. The van der Waals surface area contributed by atoms with Crippen LogP contribution in [0.15, 0.2) is 0 Å². The van der Waals surface area contributed by atoms with Crippen LogP contribution < -0.4 is 5.32 Å². The maximum absolute atomic E-state index is 11.8. The molecule has 0 aromatic heterocycles. The molecule has 19 heavy (non-hydrogen) atoms. The molecular weight excluding hydrogens is 250 g/mol. The zero-order valence-electron chi connectivity index (χ0n) is 11.4. The average Bonchev–Trinajstić information content (AvgIpc) is 2.35. The van der Waals surface area contributed by atoms with Crippen LogP contribution in [0, 0.1) is 5.92 Å². The van der Waals surface area contributed by atoms with E-state index in [0.29, 0.717) is 25.9 Å². The number of nitrogens with one attached hydrogen (secondary N) is 1. The fourth-order valence-electron chi connectivity index (χ4n) is 2.01. The van der Waals surface area contributed by atoms with Gasteiger partial charge < -0.3 is 20.2 Å². The van der Waals surface area contributed by atoms with Gasteiger partial charge in [-0.2, -0.15) is 0 Å². The lowest BCUT2D eigenvalue weighted by molar-refractivity contribution is -0.138. The zero-order valence-corrected chi connectivity index (χ0v) is 11.4. The van der Waals surface area contributed by atoms with Crippen LogP contribution in [0.1, 0.15) is 19.3 Å². The summed E-state index contributed by atoms with van der Waals surface area (Å²) in [5.74, 6) is -0.807.